The van der Waals surface area contributed by atoms with Gasteiger partial charge in [0.05, 0.1) is 17.6 Å². The number of nitrogens with zero attached hydrogens (tertiary/aromatic N) is 2. The lowest BCUT2D eigenvalue weighted by Crippen LogP contribution is -2.22. The number of fused-ring (bicyclic) bond motifs is 1. The summed E-state index contributed by atoms with van der Waals surface area (Å²) in [5, 5.41) is 0. The highest BCUT2D eigenvalue weighted by atomic mass is 15.1. The van der Waals surface area contributed by atoms with Crippen molar-refractivity contribution in [3.63, 3.8) is 0 Å². The fourth-order valence-corrected chi connectivity index (χ4v) is 2.74. The molecule has 1 heterocycles. The summed E-state index contributed by atoms with van der Waals surface area (Å²) in [5.41, 5.74) is 4.89. The Labute approximate surface area is 132 Å². The van der Waals surface area contributed by atoms with Crippen LogP contribution in [0.5, 0.6) is 0 Å². The molecule has 3 aromatic rings. The molecule has 0 amide bonds. The molecule has 3 rings (SSSR count). The van der Waals surface area contributed by atoms with E-state index in [0.29, 0.717) is 0 Å². The van der Waals surface area contributed by atoms with E-state index in [9.17, 15) is 0 Å². The fourth-order valence-electron chi connectivity index (χ4n) is 2.74. The average Bonchev–Trinajstić information content (AvgIpc) is 2.96. The van der Waals surface area contributed by atoms with E-state index >= 15 is 0 Å². The van der Waals surface area contributed by atoms with Crippen LogP contribution in [0.2, 0.25) is 0 Å². The highest BCUT2D eigenvalue weighted by Crippen LogP contribution is 2.16. The van der Waals surface area contributed by atoms with Gasteiger partial charge in [0, 0.05) is 6.54 Å². The maximum absolute atomic E-state index is 4.72. The van der Waals surface area contributed by atoms with Gasteiger partial charge in [0.1, 0.15) is 5.82 Å². The number of aromatic amines is 1. The van der Waals surface area contributed by atoms with E-state index in [0.717, 1.165) is 42.9 Å². The van der Waals surface area contributed by atoms with Crippen molar-refractivity contribution in [1.29, 1.82) is 0 Å². The molecule has 0 aliphatic heterocycles. The van der Waals surface area contributed by atoms with Crippen LogP contribution in [-0.4, -0.2) is 21.4 Å². The van der Waals surface area contributed by atoms with E-state index in [4.69, 9.17) is 4.98 Å². The third-order valence-corrected chi connectivity index (χ3v) is 4.07. The van der Waals surface area contributed by atoms with Crippen LogP contribution >= 0.6 is 0 Å². The fraction of sp³-hybridized carbons (Fsp3) is 0.316. The maximum Gasteiger partial charge on any atom is 0.121 e. The molecule has 0 bridgehead atoms. The Morgan fingerprint density at radius 1 is 0.955 bits per heavy atom. The van der Waals surface area contributed by atoms with E-state index in [-0.39, 0.29) is 0 Å². The number of rotatable bonds is 6. The van der Waals surface area contributed by atoms with Gasteiger partial charge in [-0.2, -0.15) is 0 Å². The Bertz CT molecular complexity index is 731. The molecule has 0 aliphatic carbocycles. The molecule has 2 aromatic carbocycles. The number of imidazole rings is 1. The third kappa shape index (κ3) is 3.37. The summed E-state index contributed by atoms with van der Waals surface area (Å²) in [7, 11) is 0. The van der Waals surface area contributed by atoms with Crippen LogP contribution in [0, 0.1) is 0 Å². The first-order chi connectivity index (χ1) is 10.8. The summed E-state index contributed by atoms with van der Waals surface area (Å²) in [6.45, 7) is 7.18. The summed E-state index contributed by atoms with van der Waals surface area (Å²) < 4.78 is 0. The summed E-state index contributed by atoms with van der Waals surface area (Å²) in [5.74, 6) is 1.04. The Hall–Kier alpha value is -2.13. The molecule has 114 valence electrons. The minimum absolute atomic E-state index is 0.849. The molecule has 0 spiro atoms. The van der Waals surface area contributed by atoms with Crippen molar-refractivity contribution in [2.24, 2.45) is 0 Å². The molecule has 1 aromatic heterocycles. The van der Waals surface area contributed by atoms with E-state index in [2.05, 4.69) is 72.3 Å². The Balaban J connectivity index is 1.75. The Kier molecular flexibility index (Phi) is 4.54. The lowest BCUT2D eigenvalue weighted by atomic mass is 10.1. The van der Waals surface area contributed by atoms with Gasteiger partial charge in [-0.1, -0.05) is 50.2 Å². The standard InChI is InChI=1S/C19H23N3/c1-3-15-10-11-17-18(12-15)21-19(20-17)14-22(4-2)13-16-8-6-5-7-9-16/h5-12H,3-4,13-14H2,1-2H3,(H,20,21). The van der Waals surface area contributed by atoms with Crippen LogP contribution in [0.1, 0.15) is 30.8 Å². The minimum Gasteiger partial charge on any atom is -0.341 e. The lowest BCUT2D eigenvalue weighted by molar-refractivity contribution is 0.265. The Morgan fingerprint density at radius 2 is 1.77 bits per heavy atom. The van der Waals surface area contributed by atoms with Gasteiger partial charge in [0.25, 0.3) is 0 Å². The first-order valence-corrected chi connectivity index (χ1v) is 8.02. The monoisotopic (exact) mass is 293 g/mol. The zero-order chi connectivity index (χ0) is 15.4. The molecule has 1 N–H and O–H groups in total. The smallest absolute Gasteiger partial charge is 0.121 e. The number of H-pyrrole nitrogens is 1. The molecule has 3 nitrogen and oxygen atoms in total. The van der Waals surface area contributed by atoms with Crippen LogP contribution in [0.4, 0.5) is 0 Å². The highest BCUT2D eigenvalue weighted by Gasteiger charge is 2.09. The van der Waals surface area contributed by atoms with E-state index in [1.54, 1.807) is 0 Å². The zero-order valence-electron chi connectivity index (χ0n) is 13.3. The highest BCUT2D eigenvalue weighted by molar-refractivity contribution is 5.75. The first kappa shape index (κ1) is 14.8. The second-order valence-corrected chi connectivity index (χ2v) is 5.68. The van der Waals surface area contributed by atoms with E-state index in [1.165, 1.54) is 11.1 Å². The average molecular weight is 293 g/mol. The van der Waals surface area contributed by atoms with Crippen molar-refractivity contribution in [3.05, 3.63) is 65.5 Å². The molecule has 0 aliphatic rings. The summed E-state index contributed by atoms with van der Waals surface area (Å²) in [4.78, 5) is 10.6. The molecule has 0 saturated heterocycles. The van der Waals surface area contributed by atoms with Gasteiger partial charge in [-0.3, -0.25) is 4.90 Å². The largest absolute Gasteiger partial charge is 0.341 e. The quantitative estimate of drug-likeness (QED) is 0.740. The molecular weight excluding hydrogens is 270 g/mol. The number of hydrogen-bond donors (Lipinski definition) is 1. The van der Waals surface area contributed by atoms with Gasteiger partial charge in [-0.25, -0.2) is 4.98 Å². The number of aryl methyl sites for hydroxylation is 1. The lowest BCUT2D eigenvalue weighted by Gasteiger charge is -2.19. The van der Waals surface area contributed by atoms with Crippen molar-refractivity contribution in [3.8, 4) is 0 Å². The second-order valence-electron chi connectivity index (χ2n) is 5.68. The Morgan fingerprint density at radius 3 is 2.50 bits per heavy atom. The van der Waals surface area contributed by atoms with Crippen LogP contribution in [0.15, 0.2) is 48.5 Å². The number of nitrogens with one attached hydrogen (secondary N) is 1. The predicted octanol–water partition coefficient (Wildman–Crippen LogP) is 4.15. The van der Waals surface area contributed by atoms with Crippen molar-refractivity contribution in [2.45, 2.75) is 33.4 Å². The molecule has 0 saturated carbocycles. The number of aromatic nitrogens is 2. The van der Waals surface area contributed by atoms with E-state index in [1.807, 2.05) is 0 Å². The van der Waals surface area contributed by atoms with Gasteiger partial charge in [0.2, 0.25) is 0 Å². The van der Waals surface area contributed by atoms with Crippen molar-refractivity contribution in [2.75, 3.05) is 6.54 Å². The van der Waals surface area contributed by atoms with Crippen LogP contribution < -0.4 is 0 Å². The van der Waals surface area contributed by atoms with Gasteiger partial charge in [-0.05, 0) is 36.2 Å². The van der Waals surface area contributed by atoms with Crippen LogP contribution in [0.25, 0.3) is 11.0 Å². The second kappa shape index (κ2) is 6.75. The molecule has 0 unspecified atom stereocenters. The van der Waals surface area contributed by atoms with Crippen molar-refractivity contribution < 1.29 is 0 Å². The predicted molar refractivity (Wildman–Crippen MR) is 91.7 cm³/mol. The zero-order valence-corrected chi connectivity index (χ0v) is 13.3. The van der Waals surface area contributed by atoms with Crippen LogP contribution in [-0.2, 0) is 19.5 Å². The first-order valence-electron chi connectivity index (χ1n) is 8.02. The van der Waals surface area contributed by atoms with Gasteiger partial charge in [-0.15, -0.1) is 0 Å². The summed E-state index contributed by atoms with van der Waals surface area (Å²) in [6, 6.07) is 17.1. The summed E-state index contributed by atoms with van der Waals surface area (Å²) >= 11 is 0. The molecule has 0 atom stereocenters. The molecule has 0 fully saturated rings. The molecular formula is C19H23N3. The molecule has 0 radical (unpaired) electrons. The number of benzene rings is 2. The van der Waals surface area contributed by atoms with Gasteiger partial charge in [0.15, 0.2) is 0 Å². The topological polar surface area (TPSA) is 31.9 Å². The van der Waals surface area contributed by atoms with Crippen molar-refractivity contribution in [1.82, 2.24) is 14.9 Å². The van der Waals surface area contributed by atoms with Crippen LogP contribution in [0.3, 0.4) is 0 Å². The molecule has 3 heteroatoms. The number of hydrogen-bond acceptors (Lipinski definition) is 2. The van der Waals surface area contributed by atoms with Gasteiger partial charge >= 0.3 is 0 Å². The SMILES string of the molecule is CCc1ccc2nc(CN(CC)Cc3ccccc3)[nH]c2c1. The minimum atomic E-state index is 0.849. The summed E-state index contributed by atoms with van der Waals surface area (Å²) in [6.07, 6.45) is 1.05. The third-order valence-electron chi connectivity index (χ3n) is 4.07. The van der Waals surface area contributed by atoms with Gasteiger partial charge < -0.3 is 4.98 Å². The van der Waals surface area contributed by atoms with Crippen molar-refractivity contribution >= 4 is 11.0 Å². The van der Waals surface area contributed by atoms with E-state index < -0.39 is 0 Å². The molecule has 22 heavy (non-hydrogen) atoms. The maximum atomic E-state index is 4.72. The normalized spacial score (nSPS) is 11.4.